The first-order valence-electron chi connectivity index (χ1n) is 21.2. The molecule has 10 aromatic rings. The number of rotatable bonds is 9. The van der Waals surface area contributed by atoms with Gasteiger partial charge in [0.1, 0.15) is 0 Å². The average molecular weight is 781 g/mol. The van der Waals surface area contributed by atoms with Gasteiger partial charge in [0.25, 0.3) is 0 Å². The van der Waals surface area contributed by atoms with Crippen molar-refractivity contribution >= 4 is 55.7 Å². The van der Waals surface area contributed by atoms with Crippen LogP contribution in [0.5, 0.6) is 0 Å². The van der Waals surface area contributed by atoms with Crippen molar-refractivity contribution in [3.8, 4) is 33.4 Å². The molecule has 0 spiro atoms. The quantitative estimate of drug-likeness (QED) is 0.135. The molecular formula is C59H44N2. The van der Waals surface area contributed by atoms with E-state index >= 15 is 0 Å². The van der Waals surface area contributed by atoms with Crippen LogP contribution in [-0.2, 0) is 5.41 Å². The van der Waals surface area contributed by atoms with E-state index in [0.29, 0.717) is 0 Å². The van der Waals surface area contributed by atoms with Crippen LogP contribution < -0.4 is 9.80 Å². The zero-order chi connectivity index (χ0) is 40.9. The lowest BCUT2D eigenvalue weighted by atomic mass is 9.81. The second-order valence-corrected chi connectivity index (χ2v) is 16.6. The topological polar surface area (TPSA) is 6.48 Å². The van der Waals surface area contributed by atoms with Gasteiger partial charge in [0.2, 0.25) is 0 Å². The minimum absolute atomic E-state index is 0.0946. The van der Waals surface area contributed by atoms with Gasteiger partial charge in [0, 0.05) is 39.5 Å². The van der Waals surface area contributed by atoms with E-state index in [9.17, 15) is 0 Å². The van der Waals surface area contributed by atoms with Crippen molar-refractivity contribution in [2.24, 2.45) is 0 Å². The summed E-state index contributed by atoms with van der Waals surface area (Å²) in [6, 6.07) is 83.8. The van der Waals surface area contributed by atoms with Gasteiger partial charge in [-0.3, -0.25) is 0 Å². The maximum Gasteiger partial charge on any atom is 0.0471 e. The summed E-state index contributed by atoms with van der Waals surface area (Å²) in [4.78, 5) is 4.74. The first-order chi connectivity index (χ1) is 30.0. The molecule has 1 aliphatic rings. The second kappa shape index (κ2) is 14.9. The first-order valence-corrected chi connectivity index (χ1v) is 21.2. The Labute approximate surface area is 358 Å². The minimum Gasteiger partial charge on any atom is -0.311 e. The Morgan fingerprint density at radius 2 is 0.623 bits per heavy atom. The van der Waals surface area contributed by atoms with Crippen LogP contribution in [0, 0.1) is 0 Å². The number of hydrogen-bond donors (Lipinski definition) is 0. The molecule has 0 aliphatic heterocycles. The summed E-state index contributed by atoms with van der Waals surface area (Å²) in [6.07, 6.45) is 0. The minimum atomic E-state index is -0.0946. The summed E-state index contributed by atoms with van der Waals surface area (Å²) in [5.74, 6) is 0. The smallest absolute Gasteiger partial charge is 0.0471 e. The normalized spacial score (nSPS) is 12.6. The molecule has 0 heterocycles. The Kier molecular flexibility index (Phi) is 8.86. The molecule has 1 aliphatic carbocycles. The van der Waals surface area contributed by atoms with Gasteiger partial charge in [-0.25, -0.2) is 0 Å². The van der Waals surface area contributed by atoms with Crippen molar-refractivity contribution in [3.05, 3.63) is 242 Å². The van der Waals surface area contributed by atoms with Crippen LogP contribution >= 0.6 is 0 Å². The van der Waals surface area contributed by atoms with Gasteiger partial charge in [0.05, 0.1) is 0 Å². The number of hydrogen-bond acceptors (Lipinski definition) is 2. The Morgan fingerprint density at radius 1 is 0.262 bits per heavy atom. The number of nitrogens with zero attached hydrogens (tertiary/aromatic N) is 2. The van der Waals surface area contributed by atoms with Gasteiger partial charge in [-0.15, -0.1) is 0 Å². The van der Waals surface area contributed by atoms with Gasteiger partial charge in [-0.2, -0.15) is 0 Å². The van der Waals surface area contributed by atoms with Crippen LogP contribution in [-0.4, -0.2) is 0 Å². The predicted molar refractivity (Wildman–Crippen MR) is 259 cm³/mol. The SMILES string of the molecule is CC1(C)c2cccc3ccc4cc(N(c5ccccc5)c5ccc(-c6ccc(N(c7ccc(-c8ccccc8)cc7)c7ccc(-c8ccccc8)cc7)cc6)cc5)cc1c4c23. The number of anilines is 6. The molecule has 2 nitrogen and oxygen atoms in total. The largest absolute Gasteiger partial charge is 0.311 e. The van der Waals surface area contributed by atoms with Gasteiger partial charge in [0.15, 0.2) is 0 Å². The van der Waals surface area contributed by atoms with E-state index in [1.807, 2.05) is 0 Å². The molecule has 290 valence electrons. The van der Waals surface area contributed by atoms with Crippen molar-refractivity contribution in [1.82, 2.24) is 0 Å². The Bertz CT molecular complexity index is 3070. The maximum absolute atomic E-state index is 2.43. The van der Waals surface area contributed by atoms with E-state index in [-0.39, 0.29) is 5.41 Å². The maximum atomic E-state index is 2.43. The molecule has 10 aromatic carbocycles. The summed E-state index contributed by atoms with van der Waals surface area (Å²) >= 11 is 0. The fraction of sp³-hybridized carbons (Fsp3) is 0.0508. The molecule has 0 bridgehead atoms. The van der Waals surface area contributed by atoms with E-state index in [0.717, 1.165) is 28.4 Å². The molecular weight excluding hydrogens is 737 g/mol. The first kappa shape index (κ1) is 36.4. The van der Waals surface area contributed by atoms with Crippen molar-refractivity contribution in [3.63, 3.8) is 0 Å². The van der Waals surface area contributed by atoms with Gasteiger partial charge in [-0.05, 0) is 139 Å². The third-order valence-electron chi connectivity index (χ3n) is 12.6. The lowest BCUT2D eigenvalue weighted by molar-refractivity contribution is 0.663. The van der Waals surface area contributed by atoms with Crippen LogP contribution in [0.3, 0.4) is 0 Å². The van der Waals surface area contributed by atoms with E-state index in [1.54, 1.807) is 0 Å². The van der Waals surface area contributed by atoms with Crippen molar-refractivity contribution < 1.29 is 0 Å². The molecule has 2 heteroatoms. The number of benzene rings is 10. The molecule has 0 radical (unpaired) electrons. The highest BCUT2D eigenvalue weighted by Crippen LogP contribution is 2.51. The highest BCUT2D eigenvalue weighted by atomic mass is 15.1. The second-order valence-electron chi connectivity index (χ2n) is 16.6. The van der Waals surface area contributed by atoms with E-state index in [4.69, 9.17) is 0 Å². The lowest BCUT2D eigenvalue weighted by Gasteiger charge is -2.28. The summed E-state index contributed by atoms with van der Waals surface area (Å²) in [5, 5.41) is 5.39. The predicted octanol–water partition coefficient (Wildman–Crippen LogP) is 16.6. The van der Waals surface area contributed by atoms with Gasteiger partial charge in [-0.1, -0.05) is 172 Å². The van der Waals surface area contributed by atoms with Crippen molar-refractivity contribution in [1.29, 1.82) is 0 Å². The van der Waals surface area contributed by atoms with Crippen molar-refractivity contribution in [2.75, 3.05) is 9.80 Å². The lowest BCUT2D eigenvalue weighted by Crippen LogP contribution is -2.16. The molecule has 0 unspecified atom stereocenters. The van der Waals surface area contributed by atoms with Gasteiger partial charge >= 0.3 is 0 Å². The molecule has 61 heavy (non-hydrogen) atoms. The molecule has 0 fully saturated rings. The van der Waals surface area contributed by atoms with E-state index in [1.165, 1.54) is 71.7 Å². The van der Waals surface area contributed by atoms with E-state index in [2.05, 4.69) is 254 Å². The standard InChI is InChI=1S/C59H44N2/c1-59(2)55-20-12-17-47-21-22-48-39-54(40-56(59)58(48)57(47)55)61(49-18-10-5-11-19-49)53-37-29-46(30-38-53)45-27-35-52(36-28-45)60(50-31-23-43(24-32-50)41-13-6-3-7-14-41)51-33-25-44(26-34-51)42-15-8-4-9-16-42/h3-40H,1-2H3. The zero-order valence-electron chi connectivity index (χ0n) is 34.3. The highest BCUT2D eigenvalue weighted by molar-refractivity contribution is 6.16. The summed E-state index contributed by atoms with van der Waals surface area (Å²) in [5.41, 5.74) is 16.6. The number of para-hydroxylation sites is 1. The molecule has 0 saturated carbocycles. The Hall–Kier alpha value is -7.68. The van der Waals surface area contributed by atoms with Crippen LogP contribution in [0.25, 0.3) is 54.9 Å². The van der Waals surface area contributed by atoms with Crippen LogP contribution in [0.15, 0.2) is 231 Å². The molecule has 0 saturated heterocycles. The van der Waals surface area contributed by atoms with Crippen LogP contribution in [0.4, 0.5) is 34.1 Å². The van der Waals surface area contributed by atoms with Crippen molar-refractivity contribution in [2.45, 2.75) is 19.3 Å². The van der Waals surface area contributed by atoms with E-state index < -0.39 is 0 Å². The Balaban J connectivity index is 0.934. The molecule has 0 N–H and O–H groups in total. The molecule has 0 atom stereocenters. The fourth-order valence-electron chi connectivity index (χ4n) is 9.46. The highest BCUT2D eigenvalue weighted by Gasteiger charge is 2.34. The third-order valence-corrected chi connectivity index (χ3v) is 12.6. The van der Waals surface area contributed by atoms with Crippen LogP contribution in [0.1, 0.15) is 25.0 Å². The molecule has 0 aromatic heterocycles. The zero-order valence-corrected chi connectivity index (χ0v) is 34.3. The monoisotopic (exact) mass is 780 g/mol. The third kappa shape index (κ3) is 6.45. The summed E-state index contributed by atoms with van der Waals surface area (Å²) < 4.78 is 0. The van der Waals surface area contributed by atoms with Crippen LogP contribution in [0.2, 0.25) is 0 Å². The Morgan fingerprint density at radius 3 is 1.08 bits per heavy atom. The van der Waals surface area contributed by atoms with Gasteiger partial charge < -0.3 is 9.80 Å². The molecule has 11 rings (SSSR count). The summed E-state index contributed by atoms with van der Waals surface area (Å²) in [7, 11) is 0. The summed E-state index contributed by atoms with van der Waals surface area (Å²) in [6.45, 7) is 4.74. The average Bonchev–Trinajstić information content (AvgIpc) is 3.56. The fourth-order valence-corrected chi connectivity index (χ4v) is 9.46. The molecule has 0 amide bonds.